The number of nitrogens with one attached hydrogen (secondary N) is 1. The number of aromatic nitrogens is 2. The average molecular weight is 370 g/mol. The third kappa shape index (κ3) is 4.90. The molecule has 0 aliphatic heterocycles. The lowest BCUT2D eigenvalue weighted by molar-refractivity contribution is -0.113. The van der Waals surface area contributed by atoms with Crippen LogP contribution in [0.4, 0.5) is 5.69 Å². The molecule has 0 saturated carbocycles. The Morgan fingerprint density at radius 2 is 1.84 bits per heavy atom. The first-order chi connectivity index (χ1) is 12.1. The maximum atomic E-state index is 12.1. The Morgan fingerprint density at radius 1 is 1.12 bits per heavy atom. The van der Waals surface area contributed by atoms with Gasteiger partial charge >= 0.3 is 0 Å². The Labute approximate surface area is 155 Å². The number of carbonyl (C=O) groups excluding carboxylic acids is 1. The molecule has 4 nitrogen and oxygen atoms in total. The van der Waals surface area contributed by atoms with Gasteiger partial charge < -0.3 is 5.32 Å². The first-order valence-corrected chi connectivity index (χ1v) is 9.82. The molecule has 0 spiro atoms. The average Bonchev–Trinajstić information content (AvgIpc) is 3.10. The van der Waals surface area contributed by atoms with E-state index in [0.29, 0.717) is 11.6 Å². The van der Waals surface area contributed by atoms with Crippen molar-refractivity contribution in [2.45, 2.75) is 24.6 Å². The van der Waals surface area contributed by atoms with Crippen molar-refractivity contribution < 1.29 is 4.79 Å². The van der Waals surface area contributed by atoms with Crippen LogP contribution in [-0.2, 0) is 11.2 Å². The molecule has 0 aliphatic carbocycles. The topological polar surface area (TPSA) is 54.9 Å². The van der Waals surface area contributed by atoms with E-state index in [4.69, 9.17) is 0 Å². The predicted molar refractivity (Wildman–Crippen MR) is 105 cm³/mol. The molecule has 1 N–H and O–H groups in total. The summed E-state index contributed by atoms with van der Waals surface area (Å²) in [5.74, 6) is 0.988. The van der Waals surface area contributed by atoms with Gasteiger partial charge in [-0.1, -0.05) is 60.6 Å². The van der Waals surface area contributed by atoms with E-state index in [9.17, 15) is 4.79 Å². The van der Waals surface area contributed by atoms with Gasteiger partial charge in [-0.3, -0.25) is 4.79 Å². The van der Waals surface area contributed by atoms with Crippen LogP contribution in [0.2, 0.25) is 0 Å². The molecule has 25 heavy (non-hydrogen) atoms. The molecule has 2 aromatic carbocycles. The second-order valence-corrected chi connectivity index (χ2v) is 7.61. The fourth-order valence-electron chi connectivity index (χ4n) is 2.24. The van der Waals surface area contributed by atoms with Gasteiger partial charge in [-0.15, -0.1) is 0 Å². The fourth-order valence-corrected chi connectivity index (χ4v) is 3.65. The minimum Gasteiger partial charge on any atom is -0.325 e. The molecule has 1 amide bonds. The van der Waals surface area contributed by atoms with Crippen LogP contribution in [0, 0.1) is 6.92 Å². The first-order valence-electron chi connectivity index (χ1n) is 8.06. The number of thioether (sulfide) groups is 1. The highest BCUT2D eigenvalue weighted by atomic mass is 32.2. The van der Waals surface area contributed by atoms with Crippen LogP contribution < -0.4 is 5.32 Å². The van der Waals surface area contributed by atoms with E-state index >= 15 is 0 Å². The molecule has 3 rings (SSSR count). The zero-order valence-electron chi connectivity index (χ0n) is 14.2. The molecular formula is C19H19N3OS2. The summed E-state index contributed by atoms with van der Waals surface area (Å²) in [5.41, 5.74) is 4.27. The Morgan fingerprint density at radius 3 is 2.52 bits per heavy atom. The number of hydrogen-bond donors (Lipinski definition) is 1. The van der Waals surface area contributed by atoms with Gasteiger partial charge in [0.25, 0.3) is 0 Å². The highest BCUT2D eigenvalue weighted by molar-refractivity contribution is 8.01. The van der Waals surface area contributed by atoms with E-state index in [-0.39, 0.29) is 5.91 Å². The number of hydrogen-bond acceptors (Lipinski definition) is 5. The molecule has 128 valence electrons. The third-order valence-corrected chi connectivity index (χ3v) is 5.52. The summed E-state index contributed by atoms with van der Waals surface area (Å²) in [7, 11) is 0. The standard InChI is InChI=1S/C19H19N3OS2/c1-3-14-6-10-16(11-7-14)20-17(23)12-24-19-21-18(22-25-19)15-8-4-13(2)5-9-15/h4-11H,3,12H2,1-2H3,(H,20,23). The fraction of sp³-hybridized carbons (Fsp3) is 0.211. The largest absolute Gasteiger partial charge is 0.325 e. The van der Waals surface area contributed by atoms with Crippen molar-refractivity contribution in [2.24, 2.45) is 0 Å². The maximum absolute atomic E-state index is 12.1. The van der Waals surface area contributed by atoms with E-state index in [2.05, 4.69) is 21.6 Å². The first kappa shape index (κ1) is 17.6. The molecule has 0 unspecified atom stereocenters. The van der Waals surface area contributed by atoms with Gasteiger partial charge in [0.1, 0.15) is 0 Å². The Bertz CT molecular complexity index is 842. The van der Waals surface area contributed by atoms with Crippen molar-refractivity contribution in [1.82, 2.24) is 9.36 Å². The molecule has 1 heterocycles. The van der Waals surface area contributed by atoms with Crippen molar-refractivity contribution in [1.29, 1.82) is 0 Å². The molecule has 0 radical (unpaired) electrons. The number of anilines is 1. The lowest BCUT2D eigenvalue weighted by atomic mass is 10.1. The molecule has 0 atom stereocenters. The Balaban J connectivity index is 1.54. The highest BCUT2D eigenvalue weighted by Crippen LogP contribution is 2.25. The van der Waals surface area contributed by atoms with Gasteiger partial charge in [0.15, 0.2) is 10.2 Å². The summed E-state index contributed by atoms with van der Waals surface area (Å²) in [6.07, 6.45) is 0.991. The van der Waals surface area contributed by atoms with E-state index < -0.39 is 0 Å². The van der Waals surface area contributed by atoms with Gasteiger partial charge in [-0.2, -0.15) is 4.37 Å². The van der Waals surface area contributed by atoms with Crippen LogP contribution in [0.15, 0.2) is 52.9 Å². The summed E-state index contributed by atoms with van der Waals surface area (Å²) < 4.78 is 5.17. The van der Waals surface area contributed by atoms with E-state index in [1.54, 1.807) is 0 Å². The summed E-state index contributed by atoms with van der Waals surface area (Å²) in [4.78, 5) is 16.6. The normalized spacial score (nSPS) is 10.6. The molecule has 3 aromatic rings. The van der Waals surface area contributed by atoms with Crippen LogP contribution in [0.3, 0.4) is 0 Å². The Kier molecular flexibility index (Phi) is 5.83. The van der Waals surface area contributed by atoms with Crippen molar-refractivity contribution >= 4 is 34.9 Å². The number of nitrogens with zero attached hydrogens (tertiary/aromatic N) is 2. The molecule has 0 aliphatic rings. The lowest BCUT2D eigenvalue weighted by Gasteiger charge is -2.05. The zero-order chi connectivity index (χ0) is 17.6. The van der Waals surface area contributed by atoms with Gasteiger partial charge in [0.2, 0.25) is 5.91 Å². The van der Waals surface area contributed by atoms with Crippen LogP contribution in [-0.4, -0.2) is 21.0 Å². The van der Waals surface area contributed by atoms with Crippen LogP contribution in [0.5, 0.6) is 0 Å². The number of rotatable bonds is 6. The van der Waals surface area contributed by atoms with Crippen molar-refractivity contribution in [3.05, 3.63) is 59.7 Å². The summed E-state index contributed by atoms with van der Waals surface area (Å²) in [6, 6.07) is 16.0. The van der Waals surface area contributed by atoms with Crippen LogP contribution in [0.25, 0.3) is 11.4 Å². The highest BCUT2D eigenvalue weighted by Gasteiger charge is 2.10. The molecule has 1 aromatic heterocycles. The molecular weight excluding hydrogens is 350 g/mol. The second kappa shape index (κ2) is 8.27. The van der Waals surface area contributed by atoms with E-state index in [0.717, 1.165) is 22.0 Å². The minimum atomic E-state index is -0.0404. The quantitative estimate of drug-likeness (QED) is 0.634. The minimum absolute atomic E-state index is 0.0404. The smallest absolute Gasteiger partial charge is 0.234 e. The lowest BCUT2D eigenvalue weighted by Crippen LogP contribution is -2.13. The van der Waals surface area contributed by atoms with Gasteiger partial charge in [0, 0.05) is 11.3 Å². The molecule has 0 saturated heterocycles. The molecule has 0 bridgehead atoms. The SMILES string of the molecule is CCc1ccc(NC(=O)CSc2nc(-c3ccc(C)cc3)ns2)cc1. The summed E-state index contributed by atoms with van der Waals surface area (Å²) >= 11 is 2.73. The molecule has 6 heteroatoms. The van der Waals surface area contributed by atoms with Gasteiger partial charge in [0.05, 0.1) is 5.75 Å². The number of amides is 1. The number of aryl methyl sites for hydroxylation is 2. The number of carbonyl (C=O) groups is 1. The summed E-state index contributed by atoms with van der Waals surface area (Å²) in [6.45, 7) is 4.16. The zero-order valence-corrected chi connectivity index (χ0v) is 15.8. The second-order valence-electron chi connectivity index (χ2n) is 5.64. The van der Waals surface area contributed by atoms with Crippen LogP contribution >= 0.6 is 23.3 Å². The van der Waals surface area contributed by atoms with E-state index in [1.165, 1.54) is 34.4 Å². The molecule has 0 fully saturated rings. The van der Waals surface area contributed by atoms with E-state index in [1.807, 2.05) is 55.5 Å². The van der Waals surface area contributed by atoms with Crippen molar-refractivity contribution in [2.75, 3.05) is 11.1 Å². The Hall–Kier alpha value is -2.18. The monoisotopic (exact) mass is 369 g/mol. The third-order valence-electron chi connectivity index (χ3n) is 3.69. The maximum Gasteiger partial charge on any atom is 0.234 e. The van der Waals surface area contributed by atoms with Gasteiger partial charge in [-0.25, -0.2) is 4.98 Å². The van der Waals surface area contributed by atoms with Crippen molar-refractivity contribution in [3.63, 3.8) is 0 Å². The predicted octanol–water partition coefficient (Wildman–Crippen LogP) is 4.81. The van der Waals surface area contributed by atoms with Crippen molar-refractivity contribution in [3.8, 4) is 11.4 Å². The van der Waals surface area contributed by atoms with Crippen LogP contribution in [0.1, 0.15) is 18.1 Å². The van der Waals surface area contributed by atoms with Gasteiger partial charge in [-0.05, 0) is 42.6 Å². The number of benzene rings is 2. The summed E-state index contributed by atoms with van der Waals surface area (Å²) in [5, 5.41) is 2.90.